The third kappa shape index (κ3) is 3.70. The van der Waals surface area contributed by atoms with Gasteiger partial charge in [0.1, 0.15) is 11.5 Å². The maximum absolute atomic E-state index is 13.0. The lowest BCUT2D eigenvalue weighted by molar-refractivity contribution is 0.0728. The van der Waals surface area contributed by atoms with Crippen molar-refractivity contribution in [2.24, 2.45) is 7.05 Å². The number of fused-ring (bicyclic) bond motifs is 2. The molecule has 2 amide bonds. The average Bonchev–Trinajstić information content (AvgIpc) is 3.56. The molecule has 1 fully saturated rings. The van der Waals surface area contributed by atoms with E-state index in [4.69, 9.17) is 9.47 Å². The standard InChI is InChI=1S/C25H26N4O4S/c1-14-22(24(30)26-2)17-6-5-15(11-19(17)28(14)3)33-20-7-9-27-18-12-21(34-23(18)20)25(31)29-10-8-16(13-29)32-4/h5-7,9,11-12,16H,8,10,13H2,1-4H3,(H,26,30). The van der Waals surface area contributed by atoms with Crippen molar-refractivity contribution >= 4 is 44.3 Å². The maximum Gasteiger partial charge on any atom is 0.264 e. The van der Waals surface area contributed by atoms with Crippen molar-refractivity contribution in [2.75, 3.05) is 27.2 Å². The Morgan fingerprint density at radius 2 is 2.06 bits per heavy atom. The van der Waals surface area contributed by atoms with Crippen LogP contribution in [-0.2, 0) is 11.8 Å². The third-order valence-electron chi connectivity index (χ3n) is 6.50. The first-order valence-electron chi connectivity index (χ1n) is 11.1. The molecule has 1 unspecified atom stereocenters. The number of amides is 2. The minimum absolute atomic E-state index is 0.00376. The summed E-state index contributed by atoms with van der Waals surface area (Å²) in [6.45, 7) is 3.22. The van der Waals surface area contributed by atoms with Gasteiger partial charge in [0.2, 0.25) is 0 Å². The zero-order chi connectivity index (χ0) is 24.0. The fourth-order valence-corrected chi connectivity index (χ4v) is 5.54. The number of nitrogens with zero attached hydrogens (tertiary/aromatic N) is 3. The summed E-state index contributed by atoms with van der Waals surface area (Å²) in [5, 5.41) is 3.58. The molecule has 1 saturated heterocycles. The summed E-state index contributed by atoms with van der Waals surface area (Å²) >= 11 is 1.39. The van der Waals surface area contributed by atoms with Gasteiger partial charge in [0.05, 0.1) is 32.3 Å². The van der Waals surface area contributed by atoms with Crippen LogP contribution in [0.5, 0.6) is 11.5 Å². The number of carbonyl (C=O) groups excluding carboxylic acids is 2. The number of nitrogens with one attached hydrogen (secondary N) is 1. The normalized spacial score (nSPS) is 15.9. The number of hydrogen-bond acceptors (Lipinski definition) is 6. The number of rotatable bonds is 5. The van der Waals surface area contributed by atoms with E-state index in [0.717, 1.165) is 33.2 Å². The van der Waals surface area contributed by atoms with Gasteiger partial charge in [-0.3, -0.25) is 14.6 Å². The first-order valence-corrected chi connectivity index (χ1v) is 11.9. The van der Waals surface area contributed by atoms with Gasteiger partial charge in [-0.2, -0.15) is 0 Å². The minimum Gasteiger partial charge on any atom is -0.456 e. The summed E-state index contributed by atoms with van der Waals surface area (Å²) in [7, 11) is 5.24. The lowest BCUT2D eigenvalue weighted by Gasteiger charge is -2.14. The molecule has 34 heavy (non-hydrogen) atoms. The van der Waals surface area contributed by atoms with Gasteiger partial charge in [0.25, 0.3) is 11.8 Å². The Morgan fingerprint density at radius 3 is 2.79 bits per heavy atom. The van der Waals surface area contributed by atoms with E-state index in [0.29, 0.717) is 35.0 Å². The SMILES string of the molecule is CNC(=O)c1c(C)n(C)c2cc(Oc3ccnc4cc(C(=O)N5CCC(OC)C5)sc34)ccc12. The summed E-state index contributed by atoms with van der Waals surface area (Å²) in [6, 6.07) is 9.32. The monoisotopic (exact) mass is 478 g/mol. The molecule has 1 aliphatic heterocycles. The molecule has 5 rings (SSSR count). The second-order valence-corrected chi connectivity index (χ2v) is 9.46. The molecule has 1 atom stereocenters. The van der Waals surface area contributed by atoms with E-state index < -0.39 is 0 Å². The fourth-order valence-electron chi connectivity index (χ4n) is 4.51. The molecular formula is C25H26N4O4S. The van der Waals surface area contributed by atoms with Gasteiger partial charge >= 0.3 is 0 Å². The fraction of sp³-hybridized carbons (Fsp3) is 0.320. The molecule has 1 N–H and O–H groups in total. The second kappa shape index (κ2) is 8.73. The van der Waals surface area contributed by atoms with Crippen molar-refractivity contribution in [2.45, 2.75) is 19.4 Å². The molecule has 0 radical (unpaired) electrons. The predicted molar refractivity (Wildman–Crippen MR) is 132 cm³/mol. The summed E-state index contributed by atoms with van der Waals surface area (Å²) in [4.78, 5) is 32.3. The summed E-state index contributed by atoms with van der Waals surface area (Å²) in [5.41, 5.74) is 3.18. The van der Waals surface area contributed by atoms with Crippen LogP contribution in [0.1, 0.15) is 32.1 Å². The van der Waals surface area contributed by atoms with Gasteiger partial charge in [0, 0.05) is 63.7 Å². The Bertz CT molecular complexity index is 1420. The summed E-state index contributed by atoms with van der Waals surface area (Å²) in [5.74, 6) is 1.17. The van der Waals surface area contributed by atoms with Gasteiger partial charge < -0.3 is 24.3 Å². The van der Waals surface area contributed by atoms with Crippen LogP contribution in [0, 0.1) is 6.92 Å². The zero-order valence-electron chi connectivity index (χ0n) is 19.5. The van der Waals surface area contributed by atoms with Crippen LogP contribution in [-0.4, -0.2) is 59.6 Å². The minimum atomic E-state index is -0.113. The van der Waals surface area contributed by atoms with Crippen molar-refractivity contribution < 1.29 is 19.1 Å². The third-order valence-corrected chi connectivity index (χ3v) is 7.63. The molecule has 9 heteroatoms. The zero-order valence-corrected chi connectivity index (χ0v) is 20.4. The molecule has 8 nitrogen and oxygen atoms in total. The number of benzene rings is 1. The Hall–Kier alpha value is -3.43. The number of hydrogen-bond donors (Lipinski definition) is 1. The van der Waals surface area contributed by atoms with Crippen LogP contribution in [0.3, 0.4) is 0 Å². The van der Waals surface area contributed by atoms with E-state index in [1.807, 2.05) is 47.7 Å². The smallest absolute Gasteiger partial charge is 0.264 e. The quantitative estimate of drug-likeness (QED) is 0.467. The number of carbonyl (C=O) groups is 2. The molecule has 0 aliphatic carbocycles. The topological polar surface area (TPSA) is 85.7 Å². The number of methoxy groups -OCH3 is 1. The summed E-state index contributed by atoms with van der Waals surface area (Å²) in [6.07, 6.45) is 2.63. The number of aryl methyl sites for hydroxylation is 1. The number of ether oxygens (including phenoxy) is 2. The molecular weight excluding hydrogens is 452 g/mol. The Balaban J connectivity index is 1.47. The van der Waals surface area contributed by atoms with E-state index in [1.165, 1.54) is 11.3 Å². The van der Waals surface area contributed by atoms with Crippen molar-refractivity contribution in [3.63, 3.8) is 0 Å². The van der Waals surface area contributed by atoms with Gasteiger partial charge in [0.15, 0.2) is 0 Å². The van der Waals surface area contributed by atoms with E-state index in [1.54, 1.807) is 26.4 Å². The maximum atomic E-state index is 13.0. The van der Waals surface area contributed by atoms with Crippen LogP contribution in [0.15, 0.2) is 36.5 Å². The molecule has 0 bridgehead atoms. The molecule has 4 heterocycles. The molecule has 0 spiro atoms. The van der Waals surface area contributed by atoms with E-state index in [-0.39, 0.29) is 17.9 Å². The predicted octanol–water partition coefficient (Wildman–Crippen LogP) is 4.11. The Labute approximate surface area is 201 Å². The number of pyridine rings is 1. The molecule has 1 aromatic carbocycles. The Morgan fingerprint density at radius 1 is 1.24 bits per heavy atom. The van der Waals surface area contributed by atoms with Crippen molar-refractivity contribution in [1.82, 2.24) is 19.8 Å². The van der Waals surface area contributed by atoms with Crippen molar-refractivity contribution in [1.29, 1.82) is 0 Å². The molecule has 4 aromatic rings. The highest BCUT2D eigenvalue weighted by Gasteiger charge is 2.28. The van der Waals surface area contributed by atoms with Crippen LogP contribution >= 0.6 is 11.3 Å². The molecule has 0 saturated carbocycles. The lowest BCUT2D eigenvalue weighted by Crippen LogP contribution is -2.29. The highest BCUT2D eigenvalue weighted by atomic mass is 32.1. The number of likely N-dealkylation sites (tertiary alicyclic amines) is 1. The largest absolute Gasteiger partial charge is 0.456 e. The molecule has 176 valence electrons. The first-order chi connectivity index (χ1) is 16.4. The van der Waals surface area contributed by atoms with Gasteiger partial charge in [-0.15, -0.1) is 11.3 Å². The van der Waals surface area contributed by atoms with E-state index in [9.17, 15) is 9.59 Å². The van der Waals surface area contributed by atoms with Crippen LogP contribution in [0.25, 0.3) is 21.1 Å². The van der Waals surface area contributed by atoms with Crippen LogP contribution in [0.2, 0.25) is 0 Å². The number of aromatic nitrogens is 2. The summed E-state index contributed by atoms with van der Waals surface area (Å²) < 4.78 is 14.5. The highest BCUT2D eigenvalue weighted by molar-refractivity contribution is 7.21. The van der Waals surface area contributed by atoms with Crippen LogP contribution < -0.4 is 10.1 Å². The van der Waals surface area contributed by atoms with Gasteiger partial charge in [-0.1, -0.05) is 0 Å². The van der Waals surface area contributed by atoms with Crippen molar-refractivity contribution in [3.05, 3.63) is 52.7 Å². The van der Waals surface area contributed by atoms with E-state index >= 15 is 0 Å². The number of thiophene rings is 1. The Kier molecular flexibility index (Phi) is 5.75. The van der Waals surface area contributed by atoms with Gasteiger partial charge in [-0.05, 0) is 31.5 Å². The highest BCUT2D eigenvalue weighted by Crippen LogP contribution is 2.37. The van der Waals surface area contributed by atoms with E-state index in [2.05, 4.69) is 10.3 Å². The lowest BCUT2D eigenvalue weighted by atomic mass is 10.1. The first kappa shape index (κ1) is 22.4. The second-order valence-electron chi connectivity index (χ2n) is 8.41. The molecule has 1 aliphatic rings. The van der Waals surface area contributed by atoms with Crippen LogP contribution in [0.4, 0.5) is 0 Å². The van der Waals surface area contributed by atoms with Crippen molar-refractivity contribution in [3.8, 4) is 11.5 Å². The molecule has 3 aromatic heterocycles. The average molecular weight is 479 g/mol. The van der Waals surface area contributed by atoms with Gasteiger partial charge in [-0.25, -0.2) is 0 Å².